The maximum Gasteiger partial charge on any atom is 0.311 e. The van der Waals surface area contributed by atoms with E-state index in [2.05, 4.69) is 0 Å². The van der Waals surface area contributed by atoms with Crippen molar-refractivity contribution in [3.8, 4) is 11.5 Å². The Morgan fingerprint density at radius 1 is 1.15 bits per heavy atom. The molecular weight excluding hydrogens is 256 g/mol. The Labute approximate surface area is 117 Å². The molecule has 0 atom stereocenters. The molecule has 5 heteroatoms. The maximum atomic E-state index is 11.0. The largest absolute Gasteiger partial charge is 0.450 e. The molecule has 0 bridgehead atoms. The van der Waals surface area contributed by atoms with Gasteiger partial charge in [-0.1, -0.05) is 18.2 Å². The molecule has 2 aromatic carbocycles. The fraction of sp³-hybridized carbons (Fsp3) is 0.200. The molecule has 0 heterocycles. The predicted octanol–water partition coefficient (Wildman–Crippen LogP) is 3.46. The molecular formula is C15H16N2O3. The van der Waals surface area contributed by atoms with Gasteiger partial charge in [0.05, 0.1) is 4.92 Å². The van der Waals surface area contributed by atoms with Crippen LogP contribution in [0.3, 0.4) is 0 Å². The van der Waals surface area contributed by atoms with Crippen LogP contribution in [-0.4, -0.2) is 4.92 Å². The van der Waals surface area contributed by atoms with E-state index in [1.807, 2.05) is 26.0 Å². The average molecular weight is 272 g/mol. The van der Waals surface area contributed by atoms with Crippen LogP contribution in [0.5, 0.6) is 11.5 Å². The van der Waals surface area contributed by atoms with Crippen molar-refractivity contribution in [2.45, 2.75) is 20.4 Å². The van der Waals surface area contributed by atoms with Crippen molar-refractivity contribution >= 4 is 5.69 Å². The number of ether oxygens (including phenoxy) is 1. The first-order chi connectivity index (χ1) is 9.51. The van der Waals surface area contributed by atoms with E-state index in [1.165, 1.54) is 6.07 Å². The number of nitrogens with zero attached hydrogens (tertiary/aromatic N) is 1. The lowest BCUT2D eigenvalue weighted by Gasteiger charge is -2.10. The maximum absolute atomic E-state index is 11.0. The van der Waals surface area contributed by atoms with E-state index in [-0.39, 0.29) is 11.4 Å². The molecule has 0 aromatic heterocycles. The Kier molecular flexibility index (Phi) is 4.00. The van der Waals surface area contributed by atoms with Gasteiger partial charge in [-0.2, -0.15) is 0 Å². The monoisotopic (exact) mass is 272 g/mol. The molecule has 20 heavy (non-hydrogen) atoms. The highest BCUT2D eigenvalue weighted by Crippen LogP contribution is 2.33. The summed E-state index contributed by atoms with van der Waals surface area (Å²) in [5, 5.41) is 11.0. The van der Waals surface area contributed by atoms with Crippen LogP contribution in [0.2, 0.25) is 0 Å². The average Bonchev–Trinajstić information content (AvgIpc) is 2.40. The predicted molar refractivity (Wildman–Crippen MR) is 77.0 cm³/mol. The molecule has 2 rings (SSSR count). The normalized spacial score (nSPS) is 10.3. The Hall–Kier alpha value is -2.40. The first kappa shape index (κ1) is 14.0. The van der Waals surface area contributed by atoms with Gasteiger partial charge in [-0.3, -0.25) is 10.1 Å². The van der Waals surface area contributed by atoms with Gasteiger partial charge >= 0.3 is 5.69 Å². The van der Waals surface area contributed by atoms with E-state index < -0.39 is 4.92 Å². The first-order valence-electron chi connectivity index (χ1n) is 6.23. The van der Waals surface area contributed by atoms with E-state index >= 15 is 0 Å². The summed E-state index contributed by atoms with van der Waals surface area (Å²) in [6.45, 7) is 4.20. The number of nitrogens with two attached hydrogens (primary N) is 1. The van der Waals surface area contributed by atoms with Crippen molar-refractivity contribution in [1.82, 2.24) is 0 Å². The third-order valence-corrected chi connectivity index (χ3v) is 3.01. The van der Waals surface area contributed by atoms with Crippen molar-refractivity contribution < 1.29 is 9.66 Å². The summed E-state index contributed by atoms with van der Waals surface area (Å²) >= 11 is 0. The van der Waals surface area contributed by atoms with E-state index in [0.717, 1.165) is 16.7 Å². The molecule has 2 aromatic rings. The lowest BCUT2D eigenvalue weighted by molar-refractivity contribution is -0.385. The van der Waals surface area contributed by atoms with Crippen molar-refractivity contribution in [2.24, 2.45) is 5.73 Å². The molecule has 0 radical (unpaired) electrons. The van der Waals surface area contributed by atoms with E-state index in [9.17, 15) is 10.1 Å². The molecule has 2 N–H and O–H groups in total. The van der Waals surface area contributed by atoms with Gasteiger partial charge in [0.15, 0.2) is 0 Å². The second-order valence-electron chi connectivity index (χ2n) is 4.63. The van der Waals surface area contributed by atoms with Gasteiger partial charge in [-0.25, -0.2) is 0 Å². The van der Waals surface area contributed by atoms with Gasteiger partial charge < -0.3 is 10.5 Å². The molecule has 0 unspecified atom stereocenters. The molecule has 0 spiro atoms. The highest BCUT2D eigenvalue weighted by molar-refractivity contribution is 5.51. The van der Waals surface area contributed by atoms with Gasteiger partial charge in [-0.05, 0) is 42.7 Å². The second kappa shape index (κ2) is 5.71. The van der Waals surface area contributed by atoms with E-state index in [4.69, 9.17) is 10.5 Å². The number of nitro benzene ring substituents is 1. The molecule has 0 aliphatic rings. The SMILES string of the molecule is Cc1ccc([N+](=O)[O-])c(Oc2ccc(CN)cc2C)c1. The second-order valence-corrected chi connectivity index (χ2v) is 4.63. The van der Waals surface area contributed by atoms with Crippen molar-refractivity contribution in [2.75, 3.05) is 0 Å². The zero-order chi connectivity index (χ0) is 14.7. The highest BCUT2D eigenvalue weighted by atomic mass is 16.6. The van der Waals surface area contributed by atoms with Crippen LogP contribution in [0, 0.1) is 24.0 Å². The number of hydrogen-bond acceptors (Lipinski definition) is 4. The number of aryl methyl sites for hydroxylation is 2. The molecule has 0 amide bonds. The fourth-order valence-electron chi connectivity index (χ4n) is 1.93. The smallest absolute Gasteiger partial charge is 0.311 e. The summed E-state index contributed by atoms with van der Waals surface area (Å²) in [6.07, 6.45) is 0. The Bertz CT molecular complexity index is 654. The topological polar surface area (TPSA) is 78.4 Å². The van der Waals surface area contributed by atoms with Gasteiger partial charge in [0, 0.05) is 12.6 Å². The Morgan fingerprint density at radius 3 is 2.50 bits per heavy atom. The van der Waals surface area contributed by atoms with Gasteiger partial charge in [-0.15, -0.1) is 0 Å². The zero-order valence-corrected chi connectivity index (χ0v) is 11.4. The summed E-state index contributed by atoms with van der Waals surface area (Å²) in [7, 11) is 0. The Morgan fingerprint density at radius 2 is 1.90 bits per heavy atom. The minimum Gasteiger partial charge on any atom is -0.450 e. The minimum absolute atomic E-state index is 0.0436. The molecule has 0 aliphatic heterocycles. The summed E-state index contributed by atoms with van der Waals surface area (Å²) in [5.74, 6) is 0.842. The van der Waals surface area contributed by atoms with Crippen LogP contribution < -0.4 is 10.5 Å². The van der Waals surface area contributed by atoms with Crippen LogP contribution in [0.25, 0.3) is 0 Å². The van der Waals surface area contributed by atoms with Crippen LogP contribution in [0.4, 0.5) is 5.69 Å². The van der Waals surface area contributed by atoms with Crippen LogP contribution in [0.1, 0.15) is 16.7 Å². The Balaban J connectivity index is 2.39. The van der Waals surface area contributed by atoms with Crippen LogP contribution in [-0.2, 0) is 6.54 Å². The van der Waals surface area contributed by atoms with Crippen molar-refractivity contribution in [1.29, 1.82) is 0 Å². The number of benzene rings is 2. The number of rotatable bonds is 4. The van der Waals surface area contributed by atoms with Gasteiger partial charge in [0.2, 0.25) is 5.75 Å². The lowest BCUT2D eigenvalue weighted by Crippen LogP contribution is -1.98. The standard InChI is InChI=1S/C15H16N2O3/c1-10-3-5-13(17(18)19)15(7-10)20-14-6-4-12(9-16)8-11(14)2/h3-8H,9,16H2,1-2H3. The molecule has 0 saturated heterocycles. The molecule has 0 aliphatic carbocycles. The molecule has 104 valence electrons. The number of hydrogen-bond donors (Lipinski definition) is 1. The zero-order valence-electron chi connectivity index (χ0n) is 11.4. The van der Waals surface area contributed by atoms with Crippen molar-refractivity contribution in [3.63, 3.8) is 0 Å². The fourth-order valence-corrected chi connectivity index (χ4v) is 1.93. The summed E-state index contributed by atoms with van der Waals surface area (Å²) in [6, 6.07) is 10.3. The minimum atomic E-state index is -0.446. The van der Waals surface area contributed by atoms with E-state index in [0.29, 0.717) is 12.3 Å². The highest BCUT2D eigenvalue weighted by Gasteiger charge is 2.16. The van der Waals surface area contributed by atoms with Crippen LogP contribution >= 0.6 is 0 Å². The third kappa shape index (κ3) is 2.95. The third-order valence-electron chi connectivity index (χ3n) is 3.01. The van der Waals surface area contributed by atoms with Crippen LogP contribution in [0.15, 0.2) is 36.4 Å². The summed E-state index contributed by atoms with van der Waals surface area (Å²) < 4.78 is 5.70. The quantitative estimate of drug-likeness (QED) is 0.682. The van der Waals surface area contributed by atoms with E-state index in [1.54, 1.807) is 18.2 Å². The first-order valence-corrected chi connectivity index (χ1v) is 6.23. The summed E-state index contributed by atoms with van der Waals surface area (Å²) in [4.78, 5) is 10.6. The number of nitro groups is 1. The molecule has 0 fully saturated rings. The molecule has 0 saturated carbocycles. The molecule has 5 nitrogen and oxygen atoms in total. The van der Waals surface area contributed by atoms with Gasteiger partial charge in [0.1, 0.15) is 5.75 Å². The summed E-state index contributed by atoms with van der Waals surface area (Å²) in [5.41, 5.74) is 8.32. The van der Waals surface area contributed by atoms with Crippen molar-refractivity contribution in [3.05, 3.63) is 63.2 Å². The van der Waals surface area contributed by atoms with Gasteiger partial charge in [0.25, 0.3) is 0 Å². The lowest BCUT2D eigenvalue weighted by atomic mass is 10.1.